The number of rotatable bonds is 6. The number of aliphatic hydroxyl groups is 1. The van der Waals surface area contributed by atoms with Gasteiger partial charge in [-0.05, 0) is 20.3 Å². The van der Waals surface area contributed by atoms with E-state index in [1.54, 1.807) is 18.3 Å². The van der Waals surface area contributed by atoms with Crippen LogP contribution in [-0.2, 0) is 4.74 Å². The summed E-state index contributed by atoms with van der Waals surface area (Å²) in [5.74, 6) is 0. The van der Waals surface area contributed by atoms with Crippen LogP contribution in [0.25, 0.3) is 0 Å². The molecule has 1 aromatic heterocycles. The Labute approximate surface area is 95.1 Å². The number of ether oxygens (including phenoxy) is 1. The minimum atomic E-state index is -0.487. The molecule has 0 aliphatic heterocycles. The SMILES string of the molecule is CCCC(OCC)c1nc(C(C)O)cs1. The van der Waals surface area contributed by atoms with Gasteiger partial charge >= 0.3 is 0 Å². The molecule has 15 heavy (non-hydrogen) atoms. The number of hydrogen-bond acceptors (Lipinski definition) is 4. The third kappa shape index (κ3) is 3.55. The Balaban J connectivity index is 2.72. The molecule has 0 saturated heterocycles. The fourth-order valence-corrected chi connectivity index (χ4v) is 2.37. The lowest BCUT2D eigenvalue weighted by Crippen LogP contribution is -2.04. The third-order valence-electron chi connectivity index (χ3n) is 2.16. The lowest BCUT2D eigenvalue weighted by molar-refractivity contribution is 0.0551. The zero-order valence-corrected chi connectivity index (χ0v) is 10.4. The fraction of sp³-hybridized carbons (Fsp3) is 0.727. The average molecular weight is 229 g/mol. The second-order valence-corrected chi connectivity index (χ2v) is 4.41. The van der Waals surface area contributed by atoms with Gasteiger partial charge in [0.25, 0.3) is 0 Å². The third-order valence-corrected chi connectivity index (χ3v) is 3.12. The summed E-state index contributed by atoms with van der Waals surface area (Å²) < 4.78 is 5.63. The van der Waals surface area contributed by atoms with Crippen molar-refractivity contribution in [2.75, 3.05) is 6.61 Å². The highest BCUT2D eigenvalue weighted by Crippen LogP contribution is 2.27. The monoisotopic (exact) mass is 229 g/mol. The highest BCUT2D eigenvalue weighted by atomic mass is 32.1. The summed E-state index contributed by atoms with van der Waals surface area (Å²) in [4.78, 5) is 4.39. The second-order valence-electron chi connectivity index (χ2n) is 3.52. The molecular weight excluding hydrogens is 210 g/mol. The Kier molecular flexibility index (Phi) is 5.22. The zero-order chi connectivity index (χ0) is 11.3. The Morgan fingerprint density at radius 3 is 2.73 bits per heavy atom. The van der Waals surface area contributed by atoms with Gasteiger partial charge in [-0.25, -0.2) is 4.98 Å². The molecule has 0 aromatic carbocycles. The molecule has 2 unspecified atom stereocenters. The maximum absolute atomic E-state index is 9.38. The van der Waals surface area contributed by atoms with E-state index >= 15 is 0 Å². The standard InChI is InChI=1S/C11H19NO2S/c1-4-6-10(14-5-2)11-12-9(7-15-11)8(3)13/h7-8,10,13H,4-6H2,1-3H3. The summed E-state index contributed by atoms with van der Waals surface area (Å²) >= 11 is 1.57. The molecule has 4 heteroatoms. The van der Waals surface area contributed by atoms with Crippen molar-refractivity contribution < 1.29 is 9.84 Å². The van der Waals surface area contributed by atoms with Gasteiger partial charge in [0.05, 0.1) is 11.8 Å². The molecule has 1 rings (SSSR count). The van der Waals surface area contributed by atoms with Crippen molar-refractivity contribution in [1.82, 2.24) is 4.98 Å². The lowest BCUT2D eigenvalue weighted by atomic mass is 10.2. The van der Waals surface area contributed by atoms with Gasteiger partial charge in [0.2, 0.25) is 0 Å². The fourth-order valence-electron chi connectivity index (χ4n) is 1.38. The van der Waals surface area contributed by atoms with Gasteiger partial charge in [-0.3, -0.25) is 0 Å². The first-order chi connectivity index (χ1) is 7.19. The van der Waals surface area contributed by atoms with Crippen LogP contribution in [0.4, 0.5) is 0 Å². The van der Waals surface area contributed by atoms with E-state index < -0.39 is 6.10 Å². The van der Waals surface area contributed by atoms with Crippen LogP contribution in [0.5, 0.6) is 0 Å². The van der Waals surface area contributed by atoms with E-state index in [1.165, 1.54) is 0 Å². The van der Waals surface area contributed by atoms with Crippen molar-refractivity contribution in [3.63, 3.8) is 0 Å². The Morgan fingerprint density at radius 1 is 1.53 bits per heavy atom. The number of hydrogen-bond donors (Lipinski definition) is 1. The van der Waals surface area contributed by atoms with E-state index in [0.29, 0.717) is 6.61 Å². The largest absolute Gasteiger partial charge is 0.387 e. The Bertz CT molecular complexity index is 280. The smallest absolute Gasteiger partial charge is 0.122 e. The van der Waals surface area contributed by atoms with Crippen molar-refractivity contribution in [3.05, 3.63) is 16.1 Å². The Hall–Kier alpha value is -0.450. The lowest BCUT2D eigenvalue weighted by Gasteiger charge is -2.12. The molecule has 1 aromatic rings. The van der Waals surface area contributed by atoms with Crippen molar-refractivity contribution in [3.8, 4) is 0 Å². The van der Waals surface area contributed by atoms with Crippen LogP contribution in [0, 0.1) is 0 Å². The van der Waals surface area contributed by atoms with Crippen LogP contribution in [-0.4, -0.2) is 16.7 Å². The molecule has 0 aliphatic rings. The molecular formula is C11H19NO2S. The summed E-state index contributed by atoms with van der Waals surface area (Å²) in [5, 5.41) is 12.3. The van der Waals surface area contributed by atoms with Crippen molar-refractivity contribution >= 4 is 11.3 Å². The molecule has 86 valence electrons. The summed E-state index contributed by atoms with van der Waals surface area (Å²) in [5.41, 5.74) is 0.746. The van der Waals surface area contributed by atoms with Crippen molar-refractivity contribution in [2.45, 2.75) is 45.8 Å². The Morgan fingerprint density at radius 2 is 2.27 bits per heavy atom. The van der Waals surface area contributed by atoms with E-state index in [4.69, 9.17) is 4.74 Å². The van der Waals surface area contributed by atoms with Crippen LogP contribution in [0.3, 0.4) is 0 Å². The van der Waals surface area contributed by atoms with Crippen LogP contribution < -0.4 is 0 Å². The van der Waals surface area contributed by atoms with E-state index in [-0.39, 0.29) is 6.10 Å². The van der Waals surface area contributed by atoms with E-state index in [2.05, 4.69) is 11.9 Å². The molecule has 2 atom stereocenters. The first-order valence-electron chi connectivity index (χ1n) is 5.44. The van der Waals surface area contributed by atoms with Crippen molar-refractivity contribution in [1.29, 1.82) is 0 Å². The van der Waals surface area contributed by atoms with Crippen LogP contribution in [0.2, 0.25) is 0 Å². The maximum Gasteiger partial charge on any atom is 0.122 e. The molecule has 0 bridgehead atoms. The molecule has 0 aliphatic carbocycles. The molecule has 1 N–H and O–H groups in total. The van der Waals surface area contributed by atoms with E-state index in [0.717, 1.165) is 23.5 Å². The van der Waals surface area contributed by atoms with Gasteiger partial charge in [0.1, 0.15) is 11.1 Å². The minimum Gasteiger partial charge on any atom is -0.387 e. The minimum absolute atomic E-state index is 0.0949. The molecule has 0 fully saturated rings. The quantitative estimate of drug-likeness (QED) is 0.815. The number of thiazole rings is 1. The highest BCUT2D eigenvalue weighted by molar-refractivity contribution is 7.09. The van der Waals surface area contributed by atoms with Crippen LogP contribution >= 0.6 is 11.3 Å². The van der Waals surface area contributed by atoms with Crippen molar-refractivity contribution in [2.24, 2.45) is 0 Å². The molecule has 1 heterocycles. The first kappa shape index (κ1) is 12.6. The number of aromatic nitrogens is 1. The topological polar surface area (TPSA) is 42.4 Å². The molecule has 3 nitrogen and oxygen atoms in total. The summed E-state index contributed by atoms with van der Waals surface area (Å²) in [7, 11) is 0. The normalized spacial score (nSPS) is 15.2. The van der Waals surface area contributed by atoms with Crippen LogP contribution in [0.15, 0.2) is 5.38 Å². The second kappa shape index (κ2) is 6.20. The van der Waals surface area contributed by atoms with Gasteiger partial charge in [-0.1, -0.05) is 13.3 Å². The van der Waals surface area contributed by atoms with E-state index in [1.807, 2.05) is 12.3 Å². The van der Waals surface area contributed by atoms with Gasteiger partial charge in [0.15, 0.2) is 0 Å². The van der Waals surface area contributed by atoms with Gasteiger partial charge in [-0.2, -0.15) is 0 Å². The average Bonchev–Trinajstić information content (AvgIpc) is 2.66. The predicted octanol–water partition coefficient (Wildman–Crippen LogP) is 3.07. The summed E-state index contributed by atoms with van der Waals surface area (Å²) in [6.45, 7) is 6.56. The molecule has 0 radical (unpaired) electrons. The number of aliphatic hydroxyl groups excluding tert-OH is 1. The summed E-state index contributed by atoms with van der Waals surface area (Å²) in [6, 6.07) is 0. The van der Waals surface area contributed by atoms with E-state index in [9.17, 15) is 5.11 Å². The van der Waals surface area contributed by atoms with Gasteiger partial charge in [-0.15, -0.1) is 11.3 Å². The highest BCUT2D eigenvalue weighted by Gasteiger charge is 2.16. The maximum atomic E-state index is 9.38. The zero-order valence-electron chi connectivity index (χ0n) is 9.56. The van der Waals surface area contributed by atoms with Gasteiger partial charge < -0.3 is 9.84 Å². The number of nitrogens with zero attached hydrogens (tertiary/aromatic N) is 1. The van der Waals surface area contributed by atoms with Gasteiger partial charge in [0, 0.05) is 12.0 Å². The molecule has 0 spiro atoms. The molecule has 0 amide bonds. The first-order valence-corrected chi connectivity index (χ1v) is 6.32. The van der Waals surface area contributed by atoms with Crippen LogP contribution in [0.1, 0.15) is 56.5 Å². The predicted molar refractivity (Wildman–Crippen MR) is 62.0 cm³/mol. The molecule has 0 saturated carbocycles. The summed E-state index contributed by atoms with van der Waals surface area (Å²) in [6.07, 6.45) is 1.67.